The molecule has 1 nitrogen and oxygen atoms in total. The molecule has 0 spiro atoms. The Balaban J connectivity index is 2.96. The van der Waals surface area contributed by atoms with E-state index in [2.05, 4.69) is 16.0 Å². The zero-order valence-electron chi connectivity index (χ0n) is 3.68. The summed E-state index contributed by atoms with van der Waals surface area (Å²) in [5.74, 6) is 0. The van der Waals surface area contributed by atoms with Crippen molar-refractivity contribution in [1.82, 2.24) is 0 Å². The minimum atomic E-state index is 0.130. The van der Waals surface area contributed by atoms with Crippen molar-refractivity contribution in [1.29, 1.82) is 0 Å². The maximum atomic E-state index is 9.70. The first-order valence-corrected chi connectivity index (χ1v) is 2.91. The normalized spacial score (nSPS) is 13.7. The van der Waals surface area contributed by atoms with Crippen LogP contribution in [0.3, 0.4) is 0 Å². The number of rotatable bonds is 2. The van der Waals surface area contributed by atoms with Gasteiger partial charge in [0.25, 0.3) is 0 Å². The molecule has 0 N–H and O–H groups in total. The van der Waals surface area contributed by atoms with Crippen molar-refractivity contribution < 1.29 is 4.79 Å². The van der Waals surface area contributed by atoms with Crippen molar-refractivity contribution in [2.24, 2.45) is 0 Å². The van der Waals surface area contributed by atoms with Crippen LogP contribution in [0, 0.1) is 0 Å². The van der Waals surface area contributed by atoms with Gasteiger partial charge in [-0.3, -0.25) is 0 Å². The Morgan fingerprint density at radius 3 is 2.50 bits per heavy atom. The second kappa shape index (κ2) is 3.38. The van der Waals surface area contributed by atoms with Gasteiger partial charge in [0, 0.05) is 0 Å². The molecule has 1 radical (unpaired) electrons. The van der Waals surface area contributed by atoms with E-state index in [4.69, 9.17) is 0 Å². The van der Waals surface area contributed by atoms with Crippen molar-refractivity contribution in [2.75, 3.05) is 0 Å². The van der Waals surface area contributed by atoms with Crippen LogP contribution in [0.25, 0.3) is 0 Å². The van der Waals surface area contributed by atoms with Crippen LogP contribution < -0.4 is 0 Å². The summed E-state index contributed by atoms with van der Waals surface area (Å²) >= 11 is 2.71. The van der Waals surface area contributed by atoms with Crippen LogP contribution >= 0.6 is 0 Å². The molecule has 0 aromatic heterocycles. The third-order valence-electron chi connectivity index (χ3n) is 0.554. The van der Waals surface area contributed by atoms with E-state index in [1.165, 1.54) is 0 Å². The summed E-state index contributed by atoms with van der Waals surface area (Å²) in [6.45, 7) is 1.97. The fraction of sp³-hybridized carbons (Fsp3) is 0.750. The Hall–Kier alpha value is 0.189. The molecule has 6 heavy (non-hydrogen) atoms. The van der Waals surface area contributed by atoms with Gasteiger partial charge in [-0.05, 0) is 0 Å². The van der Waals surface area contributed by atoms with E-state index in [1.54, 1.807) is 0 Å². The predicted octanol–water partition coefficient (Wildman–Crippen LogP) is 0.552. The Morgan fingerprint density at radius 2 is 2.50 bits per heavy atom. The van der Waals surface area contributed by atoms with Gasteiger partial charge in [-0.15, -0.1) is 0 Å². The van der Waals surface area contributed by atoms with Gasteiger partial charge < -0.3 is 0 Å². The van der Waals surface area contributed by atoms with Crippen molar-refractivity contribution in [2.45, 2.75) is 18.2 Å². The van der Waals surface area contributed by atoms with Crippen LogP contribution in [0.1, 0.15) is 13.3 Å². The summed E-state index contributed by atoms with van der Waals surface area (Å²) in [4.78, 5) is 9.83. The first kappa shape index (κ1) is 6.19. The fourth-order valence-corrected chi connectivity index (χ4v) is 0.0962. The van der Waals surface area contributed by atoms with Crippen LogP contribution in [0.5, 0.6) is 0 Å². The second-order valence-electron chi connectivity index (χ2n) is 1.08. The van der Waals surface area contributed by atoms with Gasteiger partial charge in [0.1, 0.15) is 0 Å². The third-order valence-corrected chi connectivity index (χ3v) is 1.49. The second-order valence-corrected chi connectivity index (χ2v) is 2.35. The predicted molar refractivity (Wildman–Crippen MR) is 25.9 cm³/mol. The van der Waals surface area contributed by atoms with Gasteiger partial charge in [0.2, 0.25) is 0 Å². The summed E-state index contributed by atoms with van der Waals surface area (Å²) < 4.78 is 0. The molecule has 1 unspecified atom stereocenters. The van der Waals surface area contributed by atoms with Gasteiger partial charge in [0.15, 0.2) is 0 Å². The number of hydrogen-bond donors (Lipinski definition) is 0. The SMILES string of the molecule is CCC([Se])C=O. The first-order chi connectivity index (χ1) is 2.81. The molecule has 2 heteroatoms. The number of aldehydes is 1. The molecular formula is C4H7OSe. The molecule has 0 amide bonds. The summed E-state index contributed by atoms with van der Waals surface area (Å²) in [5.41, 5.74) is 0. The van der Waals surface area contributed by atoms with Crippen LogP contribution in [0.4, 0.5) is 0 Å². The average Bonchev–Trinajstić information content (AvgIpc) is 1.65. The summed E-state index contributed by atoms with van der Waals surface area (Å²) in [6.07, 6.45) is 1.82. The van der Waals surface area contributed by atoms with Gasteiger partial charge in [-0.1, -0.05) is 0 Å². The van der Waals surface area contributed by atoms with Crippen molar-refractivity contribution in [3.63, 3.8) is 0 Å². The molecule has 0 heterocycles. The Bertz CT molecular complexity index is 44.8. The molecule has 0 fully saturated rings. The van der Waals surface area contributed by atoms with Crippen LogP contribution in [0.15, 0.2) is 0 Å². The Kier molecular flexibility index (Phi) is 3.49. The zero-order valence-corrected chi connectivity index (χ0v) is 5.39. The topological polar surface area (TPSA) is 17.1 Å². The van der Waals surface area contributed by atoms with Crippen molar-refractivity contribution in [3.8, 4) is 0 Å². The van der Waals surface area contributed by atoms with Gasteiger partial charge in [-0.2, -0.15) is 0 Å². The summed E-state index contributed by atoms with van der Waals surface area (Å²) in [5, 5.41) is 0. The minimum absolute atomic E-state index is 0.130. The Morgan fingerprint density at radius 1 is 2.00 bits per heavy atom. The Labute approximate surface area is 45.9 Å². The third kappa shape index (κ3) is 2.43. The molecule has 35 valence electrons. The standard InChI is InChI=1S/C4H7OSe/c1-2-4(6)3-5/h3-4H,2H2,1H3. The zero-order chi connectivity index (χ0) is 4.99. The van der Waals surface area contributed by atoms with Gasteiger partial charge in [0.05, 0.1) is 0 Å². The fourth-order valence-electron chi connectivity index (χ4n) is 0.0962. The van der Waals surface area contributed by atoms with E-state index in [1.807, 2.05) is 6.92 Å². The monoisotopic (exact) mass is 151 g/mol. The van der Waals surface area contributed by atoms with E-state index in [9.17, 15) is 4.79 Å². The van der Waals surface area contributed by atoms with Gasteiger partial charge in [-0.25, -0.2) is 0 Å². The van der Waals surface area contributed by atoms with Crippen molar-refractivity contribution >= 4 is 22.3 Å². The molecule has 1 atom stereocenters. The summed E-state index contributed by atoms with van der Waals surface area (Å²) in [7, 11) is 0. The van der Waals surface area contributed by atoms with Gasteiger partial charge >= 0.3 is 45.3 Å². The number of hydrogen-bond acceptors (Lipinski definition) is 1. The van der Waals surface area contributed by atoms with E-state index in [-0.39, 0.29) is 4.82 Å². The maximum absolute atomic E-state index is 9.70. The molecule has 0 aliphatic rings. The number of carbonyl (C=O) groups is 1. The van der Waals surface area contributed by atoms with E-state index >= 15 is 0 Å². The molecular weight excluding hydrogens is 143 g/mol. The first-order valence-electron chi connectivity index (χ1n) is 1.92. The molecule has 0 bridgehead atoms. The molecule has 0 saturated carbocycles. The summed E-state index contributed by atoms with van der Waals surface area (Å²) in [6, 6.07) is 0. The van der Waals surface area contributed by atoms with Crippen LogP contribution in [-0.2, 0) is 4.79 Å². The van der Waals surface area contributed by atoms with Crippen LogP contribution in [-0.4, -0.2) is 22.3 Å². The average molecular weight is 150 g/mol. The van der Waals surface area contributed by atoms with Crippen molar-refractivity contribution in [3.05, 3.63) is 0 Å². The number of carbonyl (C=O) groups excluding carboxylic acids is 1. The molecule has 0 saturated heterocycles. The molecule has 0 rings (SSSR count). The molecule has 0 aromatic carbocycles. The van der Waals surface area contributed by atoms with E-state index in [0.717, 1.165) is 12.7 Å². The van der Waals surface area contributed by atoms with Crippen LogP contribution in [0.2, 0.25) is 4.82 Å². The molecule has 0 aromatic rings. The molecule has 0 aliphatic heterocycles. The quantitative estimate of drug-likeness (QED) is 0.415. The van der Waals surface area contributed by atoms with E-state index in [0.29, 0.717) is 0 Å². The van der Waals surface area contributed by atoms with E-state index < -0.39 is 0 Å². The molecule has 0 aliphatic carbocycles.